The zero-order valence-corrected chi connectivity index (χ0v) is 20.1. The van der Waals surface area contributed by atoms with Crippen molar-refractivity contribution < 1.29 is 18.0 Å². The molecule has 0 spiro atoms. The third kappa shape index (κ3) is 5.89. The predicted octanol–water partition coefficient (Wildman–Crippen LogP) is 6.80. The lowest BCUT2D eigenvalue weighted by molar-refractivity contribution is 0.102. The lowest BCUT2D eigenvalue weighted by Gasteiger charge is -2.33. The number of piperidine rings is 1. The van der Waals surface area contributed by atoms with Crippen LogP contribution in [0, 0.1) is 17.5 Å². The fourth-order valence-electron chi connectivity index (χ4n) is 4.81. The molecule has 1 aliphatic rings. The molecule has 1 saturated heterocycles. The van der Waals surface area contributed by atoms with Gasteiger partial charge in [-0.1, -0.05) is 36.4 Å². The molecule has 1 N–H and O–H groups in total. The van der Waals surface area contributed by atoms with Crippen LogP contribution < -0.4 is 5.32 Å². The van der Waals surface area contributed by atoms with E-state index in [1.807, 2.05) is 12.1 Å². The molecule has 0 atom stereocenters. The van der Waals surface area contributed by atoms with E-state index in [0.717, 1.165) is 49.7 Å². The fourth-order valence-corrected chi connectivity index (χ4v) is 4.81. The minimum absolute atomic E-state index is 0.0000536. The lowest BCUT2D eigenvalue weighted by atomic mass is 9.87. The van der Waals surface area contributed by atoms with Gasteiger partial charge < -0.3 is 5.32 Å². The van der Waals surface area contributed by atoms with Crippen LogP contribution in [0.5, 0.6) is 0 Å². The van der Waals surface area contributed by atoms with E-state index >= 15 is 0 Å². The van der Waals surface area contributed by atoms with E-state index in [9.17, 15) is 18.0 Å². The Morgan fingerprint density at radius 3 is 2.08 bits per heavy atom. The van der Waals surface area contributed by atoms with Crippen molar-refractivity contribution in [2.45, 2.75) is 25.3 Å². The van der Waals surface area contributed by atoms with Gasteiger partial charge in [-0.15, -0.1) is 0 Å². The largest absolute Gasteiger partial charge is 0.322 e. The monoisotopic (exact) mass is 501 g/mol. The smallest absolute Gasteiger partial charge is 0.255 e. The molecule has 1 amide bonds. The van der Waals surface area contributed by atoms with E-state index in [4.69, 9.17) is 0 Å². The number of amides is 1. The van der Waals surface area contributed by atoms with Gasteiger partial charge in [-0.25, -0.2) is 13.2 Å². The molecule has 4 nitrogen and oxygen atoms in total. The van der Waals surface area contributed by atoms with Crippen LogP contribution in [-0.4, -0.2) is 28.9 Å². The molecular formula is C30H26F3N3O. The lowest BCUT2D eigenvalue weighted by Crippen LogP contribution is -2.32. The molecule has 0 unspecified atom stereocenters. The fraction of sp³-hybridized carbons (Fsp3) is 0.200. The van der Waals surface area contributed by atoms with Crippen LogP contribution in [0.4, 0.5) is 18.9 Å². The Bertz CT molecular complexity index is 1370. The summed E-state index contributed by atoms with van der Waals surface area (Å²) in [6.07, 6.45) is 4.54. The number of anilines is 1. The summed E-state index contributed by atoms with van der Waals surface area (Å²) in [5.41, 5.74) is 4.47. The van der Waals surface area contributed by atoms with Crippen molar-refractivity contribution in [3.63, 3.8) is 0 Å². The molecule has 1 fully saturated rings. The highest BCUT2D eigenvalue weighted by Gasteiger charge is 2.25. The molecule has 2 heterocycles. The van der Waals surface area contributed by atoms with Gasteiger partial charge in [0.05, 0.1) is 0 Å². The van der Waals surface area contributed by atoms with Gasteiger partial charge in [0.15, 0.2) is 11.6 Å². The number of hydrogen-bond acceptors (Lipinski definition) is 3. The number of benzene rings is 3. The van der Waals surface area contributed by atoms with E-state index in [1.165, 1.54) is 36.2 Å². The molecule has 0 saturated carbocycles. The van der Waals surface area contributed by atoms with Crippen molar-refractivity contribution in [3.05, 3.63) is 119 Å². The molecule has 1 aromatic heterocycles. The number of hydrogen-bond donors (Lipinski definition) is 1. The number of nitrogens with one attached hydrogen (secondary N) is 1. The van der Waals surface area contributed by atoms with Crippen molar-refractivity contribution in [2.24, 2.45) is 0 Å². The maximum absolute atomic E-state index is 14.2. The second-order valence-corrected chi connectivity index (χ2v) is 9.30. The second-order valence-electron chi connectivity index (χ2n) is 9.30. The molecule has 37 heavy (non-hydrogen) atoms. The van der Waals surface area contributed by atoms with Gasteiger partial charge in [0.2, 0.25) is 0 Å². The summed E-state index contributed by atoms with van der Waals surface area (Å²) < 4.78 is 41.5. The minimum Gasteiger partial charge on any atom is -0.322 e. The number of pyridine rings is 1. The number of nitrogens with zero attached hydrogens (tertiary/aromatic N) is 2. The Kier molecular flexibility index (Phi) is 7.32. The van der Waals surface area contributed by atoms with Gasteiger partial charge in [-0.3, -0.25) is 14.7 Å². The number of aromatic nitrogens is 1. The molecule has 4 aromatic rings. The van der Waals surface area contributed by atoms with Crippen LogP contribution in [0.25, 0.3) is 11.1 Å². The van der Waals surface area contributed by atoms with Gasteiger partial charge in [0, 0.05) is 36.3 Å². The highest BCUT2D eigenvalue weighted by Crippen LogP contribution is 2.35. The van der Waals surface area contributed by atoms with Crippen molar-refractivity contribution in [2.75, 3.05) is 18.4 Å². The minimum atomic E-state index is -0.990. The molecule has 1 aliphatic heterocycles. The van der Waals surface area contributed by atoms with Gasteiger partial charge in [0.25, 0.3) is 5.91 Å². The first-order valence-electron chi connectivity index (χ1n) is 12.2. The summed E-state index contributed by atoms with van der Waals surface area (Å²) in [6, 6.07) is 20.1. The molecule has 0 radical (unpaired) electrons. The first kappa shape index (κ1) is 24.7. The Labute approximate surface area is 213 Å². The molecule has 3 aromatic carbocycles. The molecule has 7 heteroatoms. The van der Waals surface area contributed by atoms with E-state index in [-0.39, 0.29) is 11.7 Å². The van der Waals surface area contributed by atoms with Gasteiger partial charge in [-0.2, -0.15) is 0 Å². The molecule has 0 bridgehead atoms. The van der Waals surface area contributed by atoms with Crippen LogP contribution in [0.2, 0.25) is 0 Å². The summed E-state index contributed by atoms with van der Waals surface area (Å²) in [5.74, 6) is -2.55. The first-order chi connectivity index (χ1) is 18.0. The Balaban J connectivity index is 1.23. The molecular weight excluding hydrogens is 475 g/mol. The van der Waals surface area contributed by atoms with Crippen molar-refractivity contribution in [1.82, 2.24) is 9.88 Å². The summed E-state index contributed by atoms with van der Waals surface area (Å²) in [7, 11) is 0. The van der Waals surface area contributed by atoms with Crippen LogP contribution in [0.1, 0.15) is 40.2 Å². The Morgan fingerprint density at radius 1 is 0.838 bits per heavy atom. The summed E-state index contributed by atoms with van der Waals surface area (Å²) in [5, 5.41) is 2.76. The molecule has 188 valence electrons. The second kappa shape index (κ2) is 11.0. The highest BCUT2D eigenvalue weighted by molar-refractivity contribution is 6.04. The van der Waals surface area contributed by atoms with E-state index in [0.29, 0.717) is 16.8 Å². The maximum Gasteiger partial charge on any atom is 0.255 e. The summed E-state index contributed by atoms with van der Waals surface area (Å²) in [6.45, 7) is 2.36. The van der Waals surface area contributed by atoms with Crippen LogP contribution >= 0.6 is 0 Å². The highest BCUT2D eigenvalue weighted by atomic mass is 19.2. The number of carbonyl (C=O) groups excluding carboxylic acids is 1. The third-order valence-electron chi connectivity index (χ3n) is 6.85. The van der Waals surface area contributed by atoms with Gasteiger partial charge in [-0.05, 0) is 84.4 Å². The van der Waals surface area contributed by atoms with Crippen LogP contribution in [0.3, 0.4) is 0 Å². The Hall–Kier alpha value is -3.97. The standard InChI is InChI=1S/C30H26F3N3O/c31-25-7-5-22(6-8-25)21-3-1-20(2-4-21)19-36-15-11-23(12-16-36)26-17-27(32)28(33)18-29(26)35-30(37)24-9-13-34-14-10-24/h1-10,13-14,17-18,23H,11-12,15-16,19H2,(H,35,37). The first-order valence-corrected chi connectivity index (χ1v) is 12.2. The average molecular weight is 502 g/mol. The summed E-state index contributed by atoms with van der Waals surface area (Å²) >= 11 is 0. The topological polar surface area (TPSA) is 45.2 Å². The van der Waals surface area contributed by atoms with E-state index in [1.54, 1.807) is 24.3 Å². The number of halogens is 3. The summed E-state index contributed by atoms with van der Waals surface area (Å²) in [4.78, 5) is 18.9. The van der Waals surface area contributed by atoms with Crippen molar-refractivity contribution in [1.29, 1.82) is 0 Å². The number of rotatable bonds is 6. The number of carbonyl (C=O) groups is 1. The molecule has 0 aliphatic carbocycles. The van der Waals surface area contributed by atoms with E-state index < -0.39 is 17.5 Å². The SMILES string of the molecule is O=C(Nc1cc(F)c(F)cc1C1CCN(Cc2ccc(-c3ccc(F)cc3)cc2)CC1)c1ccncc1. The third-order valence-corrected chi connectivity index (χ3v) is 6.85. The quantitative estimate of drug-likeness (QED) is 0.316. The zero-order chi connectivity index (χ0) is 25.8. The zero-order valence-electron chi connectivity index (χ0n) is 20.1. The van der Waals surface area contributed by atoms with Crippen molar-refractivity contribution in [3.8, 4) is 11.1 Å². The normalized spacial score (nSPS) is 14.5. The molecule has 5 rings (SSSR count). The Morgan fingerprint density at radius 2 is 1.43 bits per heavy atom. The van der Waals surface area contributed by atoms with Crippen LogP contribution in [0.15, 0.2) is 85.2 Å². The van der Waals surface area contributed by atoms with Gasteiger partial charge in [0.1, 0.15) is 5.82 Å². The van der Waals surface area contributed by atoms with E-state index in [2.05, 4.69) is 27.3 Å². The maximum atomic E-state index is 14.2. The average Bonchev–Trinajstić information content (AvgIpc) is 2.92. The predicted molar refractivity (Wildman–Crippen MR) is 138 cm³/mol. The van der Waals surface area contributed by atoms with Crippen LogP contribution in [-0.2, 0) is 6.54 Å². The van der Waals surface area contributed by atoms with Crippen molar-refractivity contribution >= 4 is 11.6 Å². The number of likely N-dealkylation sites (tertiary alicyclic amines) is 1. The van der Waals surface area contributed by atoms with Gasteiger partial charge >= 0.3 is 0 Å².